The first-order chi connectivity index (χ1) is 54.8. The van der Waals surface area contributed by atoms with E-state index in [1.54, 1.807) is 45.0 Å². The third-order valence-corrected chi connectivity index (χ3v) is 18.6. The van der Waals surface area contributed by atoms with E-state index < -0.39 is 143 Å². The molecule has 10 rings (SSSR count). The van der Waals surface area contributed by atoms with Crippen molar-refractivity contribution in [3.05, 3.63) is 272 Å². The highest BCUT2D eigenvalue weighted by atomic mass is 127. The minimum atomic E-state index is -1.38. The minimum absolute atomic E-state index is 0. The van der Waals surface area contributed by atoms with Gasteiger partial charge in [0.05, 0.1) is 58.4 Å². The van der Waals surface area contributed by atoms with Crippen LogP contribution in [0.15, 0.2) is 121 Å². The number of aromatic carboxylic acids is 1. The zero-order chi connectivity index (χ0) is 86.9. The first kappa shape index (κ1) is 105. The van der Waals surface area contributed by atoms with Crippen LogP contribution in [-0.2, 0) is 63.7 Å². The molecule has 8 N–H and O–H groups in total. The van der Waals surface area contributed by atoms with E-state index in [0.29, 0.717) is 34.1 Å². The number of aliphatic hydroxyl groups excluding tert-OH is 5. The maximum atomic E-state index is 14.4. The highest BCUT2D eigenvalue weighted by Gasteiger charge is 2.34. The van der Waals surface area contributed by atoms with Gasteiger partial charge in [-0.25, -0.2) is 63.4 Å². The lowest BCUT2D eigenvalue weighted by atomic mass is 9.96. The molecule has 35 heteroatoms. The van der Waals surface area contributed by atoms with Gasteiger partial charge < -0.3 is 68.6 Å². The van der Waals surface area contributed by atoms with Crippen LogP contribution in [0.5, 0.6) is 0 Å². The Balaban J connectivity index is 0.000000381. The fourth-order valence-corrected chi connectivity index (χ4v) is 12.3. The SMILES string of the molecule is C.CC.CC1(C)OC[C@H](COCC(=O)c2ccc(F)c(F)c2Cc2ccc(I)cc2F)O1.CC1(C)OC[C@H](CON)O1.CCO.O=C(COC[C@H](O)CO)c1ccc(F)c(F)c1Cc1ccc(I)cc1F.O=C(COC[C@H](O)CO)c1ccc(F)c(F)c1Cc1ccc(I)cc1F.O=C(O)c1ccc(F)c(F)c1Cc1ccc(I)cc1F. The van der Waals surface area contributed by atoms with Crippen molar-refractivity contribution >= 4 is 114 Å². The van der Waals surface area contributed by atoms with Crippen LogP contribution < -0.4 is 5.90 Å². The van der Waals surface area contributed by atoms with Gasteiger partial charge in [0.25, 0.3) is 0 Å². The summed E-state index contributed by atoms with van der Waals surface area (Å²) in [5.41, 5.74) is -1.21. The zero-order valence-corrected chi connectivity index (χ0v) is 72.0. The Morgan fingerprint density at radius 1 is 0.436 bits per heavy atom. The summed E-state index contributed by atoms with van der Waals surface area (Å²) in [6.07, 6.45) is -3.79. The van der Waals surface area contributed by atoms with E-state index in [0.717, 1.165) is 42.5 Å². The summed E-state index contributed by atoms with van der Waals surface area (Å²) in [5, 5.41) is 52.3. The molecule has 8 aromatic rings. The number of ether oxygens (including phenoxy) is 7. The van der Waals surface area contributed by atoms with E-state index >= 15 is 0 Å². The molecule has 2 fully saturated rings. The molecule has 2 aliphatic rings. The summed E-state index contributed by atoms with van der Waals surface area (Å²) in [6.45, 7) is 11.7. The maximum absolute atomic E-state index is 14.4. The quantitative estimate of drug-likeness (QED) is 0.0104. The van der Waals surface area contributed by atoms with Crippen LogP contribution in [0.1, 0.15) is 142 Å². The molecular weight excluding hydrogens is 2020 g/mol. The minimum Gasteiger partial charge on any atom is -0.478 e. The number of benzene rings is 8. The molecule has 0 aromatic heterocycles. The first-order valence-corrected chi connectivity index (χ1v) is 39.4. The predicted molar refractivity (Wildman–Crippen MR) is 443 cm³/mol. The number of aliphatic hydroxyl groups is 5. The number of carbonyl (C=O) groups excluding carboxylic acids is 3. The molecule has 117 heavy (non-hydrogen) atoms. The largest absolute Gasteiger partial charge is 0.478 e. The van der Waals surface area contributed by atoms with Crippen molar-refractivity contribution < 1.29 is 140 Å². The Kier molecular flexibility index (Phi) is 46.8. The van der Waals surface area contributed by atoms with Crippen LogP contribution in [0.2, 0.25) is 0 Å². The van der Waals surface area contributed by atoms with Crippen LogP contribution in [0.25, 0.3) is 0 Å². The van der Waals surface area contributed by atoms with Gasteiger partial charge in [-0.3, -0.25) is 14.4 Å². The van der Waals surface area contributed by atoms with E-state index in [9.17, 15) is 82.1 Å². The molecule has 0 bridgehead atoms. The number of carbonyl (C=O) groups is 4. The predicted octanol–water partition coefficient (Wildman–Crippen LogP) is 16.0. The highest BCUT2D eigenvalue weighted by Crippen LogP contribution is 2.30. The fourth-order valence-electron chi connectivity index (χ4n) is 10.5. The zero-order valence-electron chi connectivity index (χ0n) is 63.4. The van der Waals surface area contributed by atoms with Crippen molar-refractivity contribution in [2.75, 3.05) is 79.3 Å². The van der Waals surface area contributed by atoms with Crippen LogP contribution in [0, 0.1) is 84.1 Å². The standard InChI is InChI=1S/C21H20F3IO4.2C18H16F3IO4.C14H8F3IO2.C6H13NO3.C2H6O.C2H6.CH4/c1-21(2)28-10-14(29-21)9-27-11-19(26)15-5-6-17(22)20(24)16(15)7-12-3-4-13(25)8-18(12)23;2*19-15-4-3-13(17(25)9-26-8-12(24)7-23)14(18(15)21)5-10-1-2-11(22)6-16(10)20;15-11-4-3-9(14(19)20)10(13(11)17)5-7-1-2-8(18)6-12(7)16;1-6(2)8-3-5(10-6)4-9-7;1-2-3;1-2;/h3-6,8,14H,7,9-11H2,1-2H3;2*1-4,6,12,23-24H,5,7-9H2;1-4,6H,5H2,(H,19,20);5H,3-4,7H2,1-2H3;3H,2H2,1H3;1-2H3;1H4/t14-;2*12-;;5-;;;/m011.1.../s1. The third kappa shape index (κ3) is 34.3. The average Bonchev–Trinajstić information content (AvgIpc) is 1.34. The monoisotopic (exact) mass is 2110 g/mol. The van der Waals surface area contributed by atoms with Gasteiger partial charge in [-0.2, -0.15) is 0 Å². The molecule has 0 spiro atoms. The van der Waals surface area contributed by atoms with Gasteiger partial charge in [0.1, 0.15) is 67.5 Å². The molecule has 0 radical (unpaired) electrons. The molecule has 2 heterocycles. The summed E-state index contributed by atoms with van der Waals surface area (Å²) in [7, 11) is 0. The van der Waals surface area contributed by atoms with Gasteiger partial charge in [-0.1, -0.05) is 45.5 Å². The van der Waals surface area contributed by atoms with Gasteiger partial charge >= 0.3 is 5.97 Å². The van der Waals surface area contributed by atoms with E-state index in [1.165, 1.54) is 54.6 Å². The number of carboxylic acids is 1. The number of ketones is 3. The second kappa shape index (κ2) is 52.2. The van der Waals surface area contributed by atoms with E-state index in [1.807, 2.05) is 118 Å². The van der Waals surface area contributed by atoms with Crippen LogP contribution in [0.3, 0.4) is 0 Å². The summed E-state index contributed by atoms with van der Waals surface area (Å²) in [5.74, 6) is -11.2. The highest BCUT2D eigenvalue weighted by molar-refractivity contribution is 14.1. The lowest BCUT2D eigenvalue weighted by Gasteiger charge is -2.17. The molecule has 642 valence electrons. The number of nitrogens with two attached hydrogens (primary N) is 1. The van der Waals surface area contributed by atoms with Crippen LogP contribution >= 0.6 is 90.4 Å². The molecule has 19 nitrogen and oxygen atoms in total. The van der Waals surface area contributed by atoms with Crippen molar-refractivity contribution in [2.24, 2.45) is 5.90 Å². The van der Waals surface area contributed by atoms with Gasteiger partial charge in [0.2, 0.25) is 0 Å². The van der Waals surface area contributed by atoms with E-state index in [2.05, 4.69) is 4.84 Å². The number of Topliss-reactive ketones (excluding diaryl/α,β-unsaturated/α-hetero) is 3. The van der Waals surface area contributed by atoms with Gasteiger partial charge in [0, 0.05) is 85.5 Å². The Hall–Kier alpha value is -6.24. The van der Waals surface area contributed by atoms with Gasteiger partial charge in [-0.15, -0.1) is 0 Å². The topological polar surface area (TPSA) is 290 Å². The van der Waals surface area contributed by atoms with Crippen molar-refractivity contribution in [1.82, 2.24) is 0 Å². The normalized spacial score (nSPS) is 14.6. The van der Waals surface area contributed by atoms with Crippen molar-refractivity contribution in [2.45, 2.75) is 118 Å². The average molecular weight is 2110 g/mol. The number of halogens is 16. The van der Waals surface area contributed by atoms with E-state index in [-0.39, 0.29) is 145 Å². The molecular formula is C82H89F12I4NO18. The van der Waals surface area contributed by atoms with Gasteiger partial charge in [0.15, 0.2) is 75.5 Å². The fraction of sp³-hybridized carbons (Fsp3) is 0.366. The number of carboxylic acid groups (broad SMARTS) is 1. The molecule has 8 aromatic carbocycles. The van der Waals surface area contributed by atoms with E-state index in [4.69, 9.17) is 59.5 Å². The summed E-state index contributed by atoms with van der Waals surface area (Å²) in [4.78, 5) is 52.6. The first-order valence-electron chi connectivity index (χ1n) is 35.1. The van der Waals surface area contributed by atoms with Crippen molar-refractivity contribution in [3.63, 3.8) is 0 Å². The molecule has 2 aliphatic heterocycles. The summed E-state index contributed by atoms with van der Waals surface area (Å²) >= 11 is 7.71. The molecule has 0 amide bonds. The number of hydrogen-bond donors (Lipinski definition) is 7. The Morgan fingerprint density at radius 2 is 0.692 bits per heavy atom. The molecule has 0 unspecified atom stereocenters. The molecule has 0 saturated carbocycles. The van der Waals surface area contributed by atoms with Crippen LogP contribution in [-0.4, -0.2) is 169 Å². The van der Waals surface area contributed by atoms with Crippen molar-refractivity contribution in [3.8, 4) is 0 Å². The van der Waals surface area contributed by atoms with Crippen LogP contribution in [0.4, 0.5) is 52.7 Å². The lowest BCUT2D eigenvalue weighted by molar-refractivity contribution is -0.145. The second-order valence-corrected chi connectivity index (χ2v) is 30.5. The number of rotatable bonds is 28. The summed E-state index contributed by atoms with van der Waals surface area (Å²) in [6, 6.07) is 25.0. The molecule has 2 saturated heterocycles. The van der Waals surface area contributed by atoms with Crippen molar-refractivity contribution in [1.29, 1.82) is 0 Å². The Morgan fingerprint density at radius 3 is 0.932 bits per heavy atom. The lowest BCUT2D eigenvalue weighted by Crippen LogP contribution is -2.25. The second-order valence-electron chi connectivity index (χ2n) is 25.5. The maximum Gasteiger partial charge on any atom is 0.336 e. The number of hydrogen-bond acceptors (Lipinski definition) is 18. The molecule has 0 aliphatic carbocycles. The Labute approximate surface area is 723 Å². The smallest absolute Gasteiger partial charge is 0.336 e. The summed E-state index contributed by atoms with van der Waals surface area (Å²) < 4.78 is 207. The molecule has 4 atom stereocenters. The van der Waals surface area contributed by atoms with Gasteiger partial charge in [-0.05, 0) is 244 Å². The Bertz CT molecular complexity index is 4440. The third-order valence-electron chi connectivity index (χ3n) is 15.9.